The topological polar surface area (TPSA) is 52.6 Å². The van der Waals surface area contributed by atoms with Crippen molar-refractivity contribution in [3.63, 3.8) is 0 Å². The van der Waals surface area contributed by atoms with E-state index in [1.54, 1.807) is 0 Å². The highest BCUT2D eigenvalue weighted by Crippen LogP contribution is 2.19. The molecule has 0 aromatic heterocycles. The van der Waals surface area contributed by atoms with Gasteiger partial charge in [0.15, 0.2) is 0 Å². The van der Waals surface area contributed by atoms with Crippen LogP contribution < -0.4 is 5.32 Å². The van der Waals surface area contributed by atoms with Crippen molar-refractivity contribution in [3.05, 3.63) is 29.3 Å². The highest BCUT2D eigenvalue weighted by molar-refractivity contribution is 7.99. The maximum absolute atomic E-state index is 11.2. The quantitative estimate of drug-likeness (QED) is 0.877. The molecule has 1 aromatic rings. The molecule has 0 atom stereocenters. The van der Waals surface area contributed by atoms with Gasteiger partial charge in [-0.3, -0.25) is 9.69 Å². The van der Waals surface area contributed by atoms with Crippen molar-refractivity contribution in [1.82, 2.24) is 4.90 Å². The summed E-state index contributed by atoms with van der Waals surface area (Å²) in [7, 11) is 0. The maximum atomic E-state index is 11.2. The van der Waals surface area contributed by atoms with Crippen molar-refractivity contribution in [2.24, 2.45) is 0 Å². The standard InChI is InChI=1S/C14H20N2O2S/c1-11-8-12(9-16-4-6-19-7-5-16)2-3-13(11)15-14(18)10-17/h2-3,8,17H,4-7,9-10H2,1H3,(H,15,18). The lowest BCUT2D eigenvalue weighted by Gasteiger charge is -2.26. The van der Waals surface area contributed by atoms with E-state index in [4.69, 9.17) is 5.11 Å². The molecular formula is C14H20N2O2S. The molecule has 1 aliphatic heterocycles. The summed E-state index contributed by atoms with van der Waals surface area (Å²) in [6.07, 6.45) is 0. The lowest BCUT2D eigenvalue weighted by Crippen LogP contribution is -2.31. The van der Waals surface area contributed by atoms with E-state index in [0.717, 1.165) is 30.9 Å². The third kappa shape index (κ3) is 4.23. The average Bonchev–Trinajstić information content (AvgIpc) is 2.43. The smallest absolute Gasteiger partial charge is 0.250 e. The van der Waals surface area contributed by atoms with Crippen LogP contribution in [0.3, 0.4) is 0 Å². The number of aliphatic hydroxyl groups is 1. The Morgan fingerprint density at radius 3 is 2.79 bits per heavy atom. The van der Waals surface area contributed by atoms with E-state index in [2.05, 4.69) is 16.3 Å². The van der Waals surface area contributed by atoms with Crippen LogP contribution in [0, 0.1) is 6.92 Å². The fourth-order valence-electron chi connectivity index (χ4n) is 2.17. The number of hydrogen-bond donors (Lipinski definition) is 2. The number of anilines is 1. The van der Waals surface area contributed by atoms with Gasteiger partial charge in [0, 0.05) is 36.8 Å². The number of benzene rings is 1. The Bertz CT molecular complexity index is 445. The van der Waals surface area contributed by atoms with Crippen LogP contribution in [-0.2, 0) is 11.3 Å². The van der Waals surface area contributed by atoms with Gasteiger partial charge in [-0.05, 0) is 24.1 Å². The van der Waals surface area contributed by atoms with E-state index < -0.39 is 6.61 Å². The van der Waals surface area contributed by atoms with Crippen molar-refractivity contribution in [1.29, 1.82) is 0 Å². The van der Waals surface area contributed by atoms with E-state index >= 15 is 0 Å². The zero-order valence-corrected chi connectivity index (χ0v) is 12.0. The first-order valence-electron chi connectivity index (χ1n) is 6.49. The number of carbonyl (C=O) groups excluding carboxylic acids is 1. The van der Waals surface area contributed by atoms with Crippen molar-refractivity contribution in [2.75, 3.05) is 36.5 Å². The molecule has 1 aromatic carbocycles. The minimum absolute atomic E-state index is 0.371. The molecule has 4 nitrogen and oxygen atoms in total. The lowest BCUT2D eigenvalue weighted by molar-refractivity contribution is -0.118. The molecule has 5 heteroatoms. The second-order valence-electron chi connectivity index (χ2n) is 4.74. The fourth-order valence-corrected chi connectivity index (χ4v) is 3.15. The van der Waals surface area contributed by atoms with E-state index in [0.29, 0.717) is 0 Å². The molecule has 0 unspecified atom stereocenters. The van der Waals surface area contributed by atoms with Gasteiger partial charge in [0.05, 0.1) is 0 Å². The van der Waals surface area contributed by atoms with Gasteiger partial charge in [-0.2, -0.15) is 11.8 Å². The van der Waals surface area contributed by atoms with Gasteiger partial charge in [-0.15, -0.1) is 0 Å². The van der Waals surface area contributed by atoms with Crippen LogP contribution in [0.5, 0.6) is 0 Å². The first kappa shape index (κ1) is 14.4. The summed E-state index contributed by atoms with van der Waals surface area (Å²) >= 11 is 2.01. The SMILES string of the molecule is Cc1cc(CN2CCSCC2)ccc1NC(=O)CO. The number of aliphatic hydroxyl groups excluding tert-OH is 1. The molecular weight excluding hydrogens is 260 g/mol. The van der Waals surface area contributed by atoms with Crippen LogP contribution in [0.4, 0.5) is 5.69 Å². The molecule has 1 aliphatic rings. The molecule has 1 fully saturated rings. The van der Waals surface area contributed by atoms with Gasteiger partial charge in [-0.1, -0.05) is 12.1 Å². The van der Waals surface area contributed by atoms with E-state index in [-0.39, 0.29) is 5.91 Å². The van der Waals surface area contributed by atoms with Crippen LogP contribution in [0.1, 0.15) is 11.1 Å². The molecule has 1 saturated heterocycles. The number of nitrogens with one attached hydrogen (secondary N) is 1. The van der Waals surface area contributed by atoms with Crippen LogP contribution in [-0.4, -0.2) is 47.1 Å². The number of hydrogen-bond acceptors (Lipinski definition) is 4. The molecule has 0 aliphatic carbocycles. The number of nitrogens with zero attached hydrogens (tertiary/aromatic N) is 1. The first-order valence-corrected chi connectivity index (χ1v) is 7.65. The monoisotopic (exact) mass is 280 g/mol. The molecule has 0 saturated carbocycles. The largest absolute Gasteiger partial charge is 0.387 e. The van der Waals surface area contributed by atoms with Gasteiger partial charge < -0.3 is 10.4 Å². The van der Waals surface area contributed by atoms with Gasteiger partial charge >= 0.3 is 0 Å². The second kappa shape index (κ2) is 6.93. The van der Waals surface area contributed by atoms with Crippen LogP contribution >= 0.6 is 11.8 Å². The van der Waals surface area contributed by atoms with Crippen molar-refractivity contribution >= 4 is 23.4 Å². The van der Waals surface area contributed by atoms with E-state index in [1.165, 1.54) is 17.1 Å². The molecule has 0 radical (unpaired) electrons. The fraction of sp³-hybridized carbons (Fsp3) is 0.500. The Morgan fingerprint density at radius 2 is 2.16 bits per heavy atom. The summed E-state index contributed by atoms with van der Waals surface area (Å²) in [6.45, 7) is 4.75. The third-order valence-electron chi connectivity index (χ3n) is 3.22. The molecule has 104 valence electrons. The molecule has 19 heavy (non-hydrogen) atoms. The van der Waals surface area contributed by atoms with Crippen LogP contribution in [0.2, 0.25) is 0 Å². The third-order valence-corrected chi connectivity index (χ3v) is 4.16. The van der Waals surface area contributed by atoms with E-state index in [9.17, 15) is 4.79 Å². The lowest BCUT2D eigenvalue weighted by atomic mass is 10.1. The van der Waals surface area contributed by atoms with Crippen molar-refractivity contribution in [3.8, 4) is 0 Å². The van der Waals surface area contributed by atoms with Crippen LogP contribution in [0.25, 0.3) is 0 Å². The minimum Gasteiger partial charge on any atom is -0.387 e. The predicted octanol–water partition coefficient (Wildman–Crippen LogP) is 1.47. The molecule has 1 heterocycles. The zero-order chi connectivity index (χ0) is 13.7. The van der Waals surface area contributed by atoms with E-state index in [1.807, 2.05) is 30.8 Å². The summed E-state index contributed by atoms with van der Waals surface area (Å²) in [6, 6.07) is 6.06. The number of carbonyl (C=O) groups is 1. The van der Waals surface area contributed by atoms with Crippen molar-refractivity contribution in [2.45, 2.75) is 13.5 Å². The van der Waals surface area contributed by atoms with Crippen molar-refractivity contribution < 1.29 is 9.90 Å². The highest BCUT2D eigenvalue weighted by atomic mass is 32.2. The normalized spacial score (nSPS) is 16.3. The summed E-state index contributed by atoms with van der Waals surface area (Å²) in [5.41, 5.74) is 3.08. The Labute approximate surface area is 118 Å². The van der Waals surface area contributed by atoms with Gasteiger partial charge in [0.25, 0.3) is 0 Å². The Balaban J connectivity index is 1.99. The first-order chi connectivity index (χ1) is 9.19. The number of amides is 1. The Morgan fingerprint density at radius 1 is 1.42 bits per heavy atom. The number of rotatable bonds is 4. The molecule has 2 N–H and O–H groups in total. The van der Waals surface area contributed by atoms with Gasteiger partial charge in [-0.25, -0.2) is 0 Å². The molecule has 1 amide bonds. The summed E-state index contributed by atoms with van der Waals surface area (Å²) in [5.74, 6) is 2.05. The van der Waals surface area contributed by atoms with Gasteiger partial charge in [0.1, 0.15) is 6.61 Å². The zero-order valence-electron chi connectivity index (χ0n) is 11.2. The summed E-state index contributed by atoms with van der Waals surface area (Å²) in [5, 5.41) is 11.4. The Hall–Kier alpha value is -1.04. The second-order valence-corrected chi connectivity index (χ2v) is 5.97. The minimum atomic E-state index is -0.480. The maximum Gasteiger partial charge on any atom is 0.250 e. The summed E-state index contributed by atoms with van der Waals surface area (Å²) < 4.78 is 0. The number of aryl methyl sites for hydroxylation is 1. The predicted molar refractivity (Wildman–Crippen MR) is 79.5 cm³/mol. The average molecular weight is 280 g/mol. The van der Waals surface area contributed by atoms with Gasteiger partial charge in [0.2, 0.25) is 5.91 Å². The van der Waals surface area contributed by atoms with Crippen LogP contribution in [0.15, 0.2) is 18.2 Å². The Kier molecular flexibility index (Phi) is 5.24. The molecule has 0 bridgehead atoms. The summed E-state index contributed by atoms with van der Waals surface area (Å²) in [4.78, 5) is 13.6. The number of thioether (sulfide) groups is 1. The molecule has 2 rings (SSSR count). The highest BCUT2D eigenvalue weighted by Gasteiger charge is 2.11. The molecule has 0 spiro atoms.